The summed E-state index contributed by atoms with van der Waals surface area (Å²) in [6.07, 6.45) is 4.53. The van der Waals surface area contributed by atoms with Crippen LogP contribution in [0.1, 0.15) is 49.7 Å². The number of rotatable bonds is 6. The maximum Gasteiger partial charge on any atom is 0.343 e. The summed E-state index contributed by atoms with van der Waals surface area (Å²) in [6.45, 7) is 1.51. The zero-order valence-electron chi connectivity index (χ0n) is 18.8. The molecule has 1 saturated carbocycles. The van der Waals surface area contributed by atoms with Crippen LogP contribution in [0.2, 0.25) is 0 Å². The van der Waals surface area contributed by atoms with Crippen molar-refractivity contribution >= 4 is 11.9 Å². The van der Waals surface area contributed by atoms with Gasteiger partial charge in [0, 0.05) is 38.4 Å². The van der Waals surface area contributed by atoms with Crippen molar-refractivity contribution in [3.05, 3.63) is 71.5 Å². The van der Waals surface area contributed by atoms with Crippen molar-refractivity contribution in [1.82, 2.24) is 10.2 Å². The molecule has 0 bridgehead atoms. The van der Waals surface area contributed by atoms with E-state index < -0.39 is 11.6 Å². The first-order valence-corrected chi connectivity index (χ1v) is 11.8. The van der Waals surface area contributed by atoms with Crippen LogP contribution in [0.4, 0.5) is 4.39 Å². The number of hydrogen-bond donors (Lipinski definition) is 3. The number of hydrogen-bond acceptors (Lipinski definition) is 4. The summed E-state index contributed by atoms with van der Waals surface area (Å²) in [4.78, 5) is 15.1. The van der Waals surface area contributed by atoms with Gasteiger partial charge in [-0.2, -0.15) is 0 Å². The monoisotopic (exact) mass is 453 g/mol. The number of esters is 1. The summed E-state index contributed by atoms with van der Waals surface area (Å²) < 4.78 is 19.2. The summed E-state index contributed by atoms with van der Waals surface area (Å²) in [7, 11) is 0. The molecule has 2 aliphatic rings. The van der Waals surface area contributed by atoms with Gasteiger partial charge in [0.1, 0.15) is 11.9 Å². The highest BCUT2D eigenvalue weighted by Crippen LogP contribution is 2.42. The summed E-state index contributed by atoms with van der Waals surface area (Å²) >= 11 is 0. The van der Waals surface area contributed by atoms with Crippen molar-refractivity contribution < 1.29 is 19.0 Å². The van der Waals surface area contributed by atoms with Crippen LogP contribution in [0.25, 0.3) is 0 Å². The van der Waals surface area contributed by atoms with Gasteiger partial charge >= 0.3 is 5.97 Å². The van der Waals surface area contributed by atoms with Crippen molar-refractivity contribution in [3.63, 3.8) is 0 Å². The number of carbonyl (C=O) groups excluding carboxylic acids is 1. The van der Waals surface area contributed by atoms with Crippen LogP contribution in [0, 0.1) is 17.1 Å². The van der Waals surface area contributed by atoms with Crippen molar-refractivity contribution in [2.24, 2.45) is 5.92 Å². The molecule has 4 rings (SSSR count). The number of aliphatic hydroxyl groups is 1. The van der Waals surface area contributed by atoms with E-state index >= 15 is 0 Å². The van der Waals surface area contributed by atoms with Crippen LogP contribution < -0.4 is 5.32 Å². The first-order valence-electron chi connectivity index (χ1n) is 11.8. The van der Waals surface area contributed by atoms with Crippen molar-refractivity contribution in [3.8, 4) is 0 Å². The molecule has 2 aromatic rings. The van der Waals surface area contributed by atoms with E-state index in [1.165, 1.54) is 12.1 Å². The van der Waals surface area contributed by atoms with E-state index in [1.807, 2.05) is 29.2 Å². The highest BCUT2D eigenvalue weighted by Gasteiger charge is 2.48. The fourth-order valence-corrected chi connectivity index (χ4v) is 4.94. The number of piperidine rings is 1. The molecule has 0 unspecified atom stereocenters. The van der Waals surface area contributed by atoms with E-state index in [9.17, 15) is 14.3 Å². The number of nitrogens with one attached hydrogen (secondary N) is 2. The molecule has 0 radical (unpaired) electrons. The predicted octanol–water partition coefficient (Wildman–Crippen LogP) is 3.94. The van der Waals surface area contributed by atoms with E-state index in [-0.39, 0.29) is 23.8 Å². The lowest BCUT2D eigenvalue weighted by Gasteiger charge is -2.37. The molecule has 7 heteroatoms. The van der Waals surface area contributed by atoms with Gasteiger partial charge in [-0.25, -0.2) is 9.18 Å². The largest absolute Gasteiger partial charge is 0.460 e. The van der Waals surface area contributed by atoms with Crippen LogP contribution in [0.5, 0.6) is 0 Å². The molecule has 0 aromatic heterocycles. The van der Waals surface area contributed by atoms with Gasteiger partial charge in [0.2, 0.25) is 0 Å². The standard InChI is InChI=1S/C26H32FN3O3/c27-22-12-6-7-19(17-22)18-29-25(28)30-15-13-23(14-16-30)33-24(31)26(32,21-10-4-5-11-21)20-8-2-1-3-9-20/h1-3,6-9,12,17,21,23,32H,4-5,10-11,13-16,18H2,(H2,28,29)/t26-/m0/s1. The van der Waals surface area contributed by atoms with E-state index in [0.717, 1.165) is 31.2 Å². The maximum absolute atomic E-state index is 13.3. The number of likely N-dealkylation sites (tertiary alicyclic amines) is 1. The van der Waals surface area contributed by atoms with E-state index in [2.05, 4.69) is 5.32 Å². The summed E-state index contributed by atoms with van der Waals surface area (Å²) in [5, 5.41) is 22.9. The number of benzene rings is 2. The molecule has 2 aromatic carbocycles. The molecule has 1 aliphatic carbocycles. The number of ether oxygens (including phenoxy) is 1. The zero-order valence-corrected chi connectivity index (χ0v) is 18.8. The molecule has 3 N–H and O–H groups in total. The first kappa shape index (κ1) is 23.2. The summed E-state index contributed by atoms with van der Waals surface area (Å²) in [5.74, 6) is -0.710. The Morgan fingerprint density at radius 3 is 2.45 bits per heavy atom. The molecule has 1 aliphatic heterocycles. The van der Waals surface area contributed by atoms with Crippen LogP contribution >= 0.6 is 0 Å². The minimum absolute atomic E-state index is 0.132. The smallest absolute Gasteiger partial charge is 0.343 e. The second-order valence-electron chi connectivity index (χ2n) is 9.04. The van der Waals surface area contributed by atoms with Crippen molar-refractivity contribution in [2.45, 2.75) is 56.8 Å². The first-order chi connectivity index (χ1) is 16.0. The third-order valence-electron chi connectivity index (χ3n) is 6.85. The molecule has 1 atom stereocenters. The molecular weight excluding hydrogens is 421 g/mol. The quantitative estimate of drug-likeness (QED) is 0.351. The molecule has 1 heterocycles. The SMILES string of the molecule is N=C(NCc1cccc(F)c1)N1CCC(OC(=O)[C@](O)(c2ccccc2)C2CCCC2)CC1. The highest BCUT2D eigenvalue weighted by atomic mass is 19.1. The lowest BCUT2D eigenvalue weighted by Crippen LogP contribution is -2.49. The van der Waals surface area contributed by atoms with Gasteiger partial charge < -0.3 is 20.1 Å². The second-order valence-corrected chi connectivity index (χ2v) is 9.04. The molecule has 0 amide bonds. The van der Waals surface area contributed by atoms with Gasteiger partial charge in [0.25, 0.3) is 0 Å². The fraction of sp³-hybridized carbons (Fsp3) is 0.462. The number of guanidine groups is 1. The van der Waals surface area contributed by atoms with Crippen LogP contribution in [0.3, 0.4) is 0 Å². The number of nitrogens with zero attached hydrogens (tertiary/aromatic N) is 1. The molecule has 176 valence electrons. The van der Waals surface area contributed by atoms with Crippen LogP contribution in [-0.4, -0.2) is 41.1 Å². The molecule has 6 nitrogen and oxygen atoms in total. The summed E-state index contributed by atoms with van der Waals surface area (Å²) in [5.41, 5.74) is -0.243. The molecular formula is C26H32FN3O3. The molecule has 0 spiro atoms. The summed E-state index contributed by atoms with van der Waals surface area (Å²) in [6, 6.07) is 15.5. The Labute approximate surface area is 194 Å². The minimum atomic E-state index is -1.62. The van der Waals surface area contributed by atoms with Crippen molar-refractivity contribution in [2.75, 3.05) is 13.1 Å². The Morgan fingerprint density at radius 2 is 1.79 bits per heavy atom. The maximum atomic E-state index is 13.3. The van der Waals surface area contributed by atoms with E-state index in [1.54, 1.807) is 18.2 Å². The van der Waals surface area contributed by atoms with Crippen LogP contribution in [0.15, 0.2) is 54.6 Å². The minimum Gasteiger partial charge on any atom is -0.460 e. The average molecular weight is 454 g/mol. The lowest BCUT2D eigenvalue weighted by molar-refractivity contribution is -0.181. The number of halogens is 1. The highest BCUT2D eigenvalue weighted by molar-refractivity contribution is 5.82. The van der Waals surface area contributed by atoms with Crippen molar-refractivity contribution in [1.29, 1.82) is 5.41 Å². The van der Waals surface area contributed by atoms with Gasteiger partial charge in [0.05, 0.1) is 0 Å². The third-order valence-corrected chi connectivity index (χ3v) is 6.85. The topological polar surface area (TPSA) is 85.7 Å². The Bertz CT molecular complexity index is 956. The molecule has 2 fully saturated rings. The van der Waals surface area contributed by atoms with Crippen LogP contribution in [-0.2, 0) is 21.7 Å². The Morgan fingerprint density at radius 1 is 1.09 bits per heavy atom. The van der Waals surface area contributed by atoms with E-state index in [0.29, 0.717) is 38.0 Å². The Kier molecular flexibility index (Phi) is 7.28. The predicted molar refractivity (Wildman–Crippen MR) is 124 cm³/mol. The van der Waals surface area contributed by atoms with Gasteiger partial charge in [-0.3, -0.25) is 5.41 Å². The zero-order chi connectivity index (χ0) is 23.3. The Balaban J connectivity index is 1.32. The average Bonchev–Trinajstić information content (AvgIpc) is 3.39. The van der Waals surface area contributed by atoms with Gasteiger partial charge in [-0.15, -0.1) is 0 Å². The Hall–Kier alpha value is -2.93. The fourth-order valence-electron chi connectivity index (χ4n) is 4.94. The molecule has 1 saturated heterocycles. The second kappa shape index (κ2) is 10.3. The normalized spacial score (nSPS) is 19.2. The lowest BCUT2D eigenvalue weighted by atomic mass is 9.80. The third kappa shape index (κ3) is 5.36. The molecule has 33 heavy (non-hydrogen) atoms. The van der Waals surface area contributed by atoms with E-state index in [4.69, 9.17) is 10.1 Å². The number of carbonyl (C=O) groups is 1. The van der Waals surface area contributed by atoms with Gasteiger partial charge in [-0.05, 0) is 36.1 Å². The van der Waals surface area contributed by atoms with Gasteiger partial charge in [-0.1, -0.05) is 55.3 Å². The van der Waals surface area contributed by atoms with Gasteiger partial charge in [0.15, 0.2) is 11.6 Å².